The molecule has 0 saturated heterocycles. The lowest BCUT2D eigenvalue weighted by atomic mass is 9.90. The van der Waals surface area contributed by atoms with Crippen molar-refractivity contribution in [3.8, 4) is 0 Å². The molecule has 0 radical (unpaired) electrons. The summed E-state index contributed by atoms with van der Waals surface area (Å²) in [5, 5.41) is 0. The van der Waals surface area contributed by atoms with E-state index in [4.69, 9.17) is 5.73 Å². The molecule has 18 heavy (non-hydrogen) atoms. The van der Waals surface area contributed by atoms with Crippen LogP contribution in [0, 0.1) is 11.8 Å². The summed E-state index contributed by atoms with van der Waals surface area (Å²) in [7, 11) is 0. The Kier molecular flexibility index (Phi) is 4.82. The summed E-state index contributed by atoms with van der Waals surface area (Å²) in [6.07, 6.45) is 7.72. The standard InChI is InChI=1S/C17H27N/c1-3-6-14-7-5-8-15(12-14)17(18)16-10-9-13(4-2)11-16/h5,7-8,12-13,16-17H,3-4,6,9-11,18H2,1-2H3. The Morgan fingerprint density at radius 1 is 1.28 bits per heavy atom. The molecule has 0 spiro atoms. The predicted octanol–water partition coefficient (Wildman–Crippen LogP) is 4.47. The van der Waals surface area contributed by atoms with Gasteiger partial charge >= 0.3 is 0 Å². The average Bonchev–Trinajstić information content (AvgIpc) is 2.87. The van der Waals surface area contributed by atoms with Crippen LogP contribution in [0.25, 0.3) is 0 Å². The van der Waals surface area contributed by atoms with Crippen molar-refractivity contribution < 1.29 is 0 Å². The SMILES string of the molecule is CCCc1cccc(C(N)C2CCC(CC)C2)c1. The van der Waals surface area contributed by atoms with E-state index in [0.717, 1.165) is 5.92 Å². The molecule has 1 heteroatoms. The number of nitrogens with two attached hydrogens (primary N) is 1. The molecule has 1 aliphatic rings. The van der Waals surface area contributed by atoms with Crippen LogP contribution in [0.4, 0.5) is 0 Å². The highest BCUT2D eigenvalue weighted by atomic mass is 14.7. The topological polar surface area (TPSA) is 26.0 Å². The monoisotopic (exact) mass is 245 g/mol. The second kappa shape index (κ2) is 6.38. The fourth-order valence-corrected chi connectivity index (χ4v) is 3.33. The minimum Gasteiger partial charge on any atom is -0.324 e. The summed E-state index contributed by atoms with van der Waals surface area (Å²) in [6, 6.07) is 9.19. The highest BCUT2D eigenvalue weighted by Crippen LogP contribution is 2.39. The van der Waals surface area contributed by atoms with Crippen LogP contribution >= 0.6 is 0 Å². The zero-order chi connectivity index (χ0) is 13.0. The van der Waals surface area contributed by atoms with Crippen molar-refractivity contribution in [1.82, 2.24) is 0 Å². The second-order valence-corrected chi connectivity index (χ2v) is 5.87. The van der Waals surface area contributed by atoms with Gasteiger partial charge in [-0.25, -0.2) is 0 Å². The maximum Gasteiger partial charge on any atom is 0.0323 e. The molecule has 0 bridgehead atoms. The van der Waals surface area contributed by atoms with Gasteiger partial charge in [-0.2, -0.15) is 0 Å². The minimum atomic E-state index is 0.248. The normalized spacial score (nSPS) is 25.3. The smallest absolute Gasteiger partial charge is 0.0323 e. The molecule has 0 aliphatic heterocycles. The number of rotatable bonds is 5. The first-order valence-electron chi connectivity index (χ1n) is 7.59. The van der Waals surface area contributed by atoms with Crippen molar-refractivity contribution in [2.75, 3.05) is 0 Å². The van der Waals surface area contributed by atoms with E-state index >= 15 is 0 Å². The third-order valence-corrected chi connectivity index (χ3v) is 4.54. The van der Waals surface area contributed by atoms with E-state index in [1.807, 2.05) is 0 Å². The molecule has 2 N–H and O–H groups in total. The van der Waals surface area contributed by atoms with Crippen LogP contribution in [0.3, 0.4) is 0 Å². The Morgan fingerprint density at radius 3 is 2.78 bits per heavy atom. The molecule has 0 heterocycles. The maximum atomic E-state index is 6.48. The molecule has 1 nitrogen and oxygen atoms in total. The molecular formula is C17H27N. The van der Waals surface area contributed by atoms with Crippen molar-refractivity contribution in [2.24, 2.45) is 17.6 Å². The number of hydrogen-bond donors (Lipinski definition) is 1. The molecule has 3 atom stereocenters. The van der Waals surface area contributed by atoms with Gasteiger partial charge in [0.15, 0.2) is 0 Å². The Bertz CT molecular complexity index is 372. The third-order valence-electron chi connectivity index (χ3n) is 4.54. The fraction of sp³-hybridized carbons (Fsp3) is 0.647. The van der Waals surface area contributed by atoms with Crippen molar-refractivity contribution in [2.45, 2.75) is 58.4 Å². The molecule has 1 aromatic rings. The quantitative estimate of drug-likeness (QED) is 0.814. The lowest BCUT2D eigenvalue weighted by Gasteiger charge is -2.20. The van der Waals surface area contributed by atoms with Crippen LogP contribution in [-0.4, -0.2) is 0 Å². The molecule has 1 aromatic carbocycles. The van der Waals surface area contributed by atoms with Crippen LogP contribution in [0.2, 0.25) is 0 Å². The predicted molar refractivity (Wildman–Crippen MR) is 78.5 cm³/mol. The van der Waals surface area contributed by atoms with Crippen LogP contribution in [0.15, 0.2) is 24.3 Å². The first-order valence-corrected chi connectivity index (χ1v) is 7.59. The molecule has 3 unspecified atom stereocenters. The largest absolute Gasteiger partial charge is 0.324 e. The van der Waals surface area contributed by atoms with Gasteiger partial charge < -0.3 is 5.73 Å². The van der Waals surface area contributed by atoms with Gasteiger partial charge in [-0.05, 0) is 42.2 Å². The maximum absolute atomic E-state index is 6.48. The first kappa shape index (κ1) is 13.6. The van der Waals surface area contributed by atoms with Crippen LogP contribution < -0.4 is 5.73 Å². The zero-order valence-corrected chi connectivity index (χ0v) is 11.9. The van der Waals surface area contributed by atoms with Crippen molar-refractivity contribution in [3.05, 3.63) is 35.4 Å². The van der Waals surface area contributed by atoms with Crippen molar-refractivity contribution in [1.29, 1.82) is 0 Å². The Hall–Kier alpha value is -0.820. The Balaban J connectivity index is 2.04. The van der Waals surface area contributed by atoms with Gasteiger partial charge in [-0.1, -0.05) is 57.4 Å². The van der Waals surface area contributed by atoms with E-state index in [1.54, 1.807) is 0 Å². The number of hydrogen-bond acceptors (Lipinski definition) is 1. The summed E-state index contributed by atoms with van der Waals surface area (Å²) in [5.41, 5.74) is 9.27. The van der Waals surface area contributed by atoms with Crippen LogP contribution in [0.5, 0.6) is 0 Å². The van der Waals surface area contributed by atoms with Gasteiger partial charge in [-0.3, -0.25) is 0 Å². The van der Waals surface area contributed by atoms with E-state index in [0.29, 0.717) is 5.92 Å². The lowest BCUT2D eigenvalue weighted by molar-refractivity contribution is 0.416. The van der Waals surface area contributed by atoms with E-state index < -0.39 is 0 Å². The van der Waals surface area contributed by atoms with Crippen LogP contribution in [-0.2, 0) is 6.42 Å². The molecule has 1 fully saturated rings. The summed E-state index contributed by atoms with van der Waals surface area (Å²) in [5.74, 6) is 1.62. The van der Waals surface area contributed by atoms with Gasteiger partial charge in [0, 0.05) is 6.04 Å². The second-order valence-electron chi connectivity index (χ2n) is 5.87. The Labute approximate surface area is 112 Å². The first-order chi connectivity index (χ1) is 8.74. The summed E-state index contributed by atoms with van der Waals surface area (Å²) < 4.78 is 0. The van der Waals surface area contributed by atoms with Gasteiger partial charge in [0.05, 0.1) is 0 Å². The molecule has 100 valence electrons. The molecule has 2 rings (SSSR count). The summed E-state index contributed by atoms with van der Waals surface area (Å²) in [4.78, 5) is 0. The number of aryl methyl sites for hydroxylation is 1. The van der Waals surface area contributed by atoms with Gasteiger partial charge in [-0.15, -0.1) is 0 Å². The molecule has 0 aromatic heterocycles. The van der Waals surface area contributed by atoms with Crippen LogP contribution in [0.1, 0.15) is 63.1 Å². The summed E-state index contributed by atoms with van der Waals surface area (Å²) in [6.45, 7) is 4.54. The molecule has 0 amide bonds. The average molecular weight is 245 g/mol. The Morgan fingerprint density at radius 2 is 2.11 bits per heavy atom. The van der Waals surface area contributed by atoms with Gasteiger partial charge in [0.1, 0.15) is 0 Å². The molecule has 1 aliphatic carbocycles. The summed E-state index contributed by atoms with van der Waals surface area (Å²) >= 11 is 0. The van der Waals surface area contributed by atoms with E-state index in [9.17, 15) is 0 Å². The van der Waals surface area contributed by atoms with Gasteiger partial charge in [0.2, 0.25) is 0 Å². The number of benzene rings is 1. The third kappa shape index (κ3) is 3.14. The van der Waals surface area contributed by atoms with Gasteiger partial charge in [0.25, 0.3) is 0 Å². The van der Waals surface area contributed by atoms with Crippen molar-refractivity contribution >= 4 is 0 Å². The van der Waals surface area contributed by atoms with Crippen molar-refractivity contribution in [3.63, 3.8) is 0 Å². The van der Waals surface area contributed by atoms with E-state index in [-0.39, 0.29) is 6.04 Å². The molecule has 1 saturated carbocycles. The highest BCUT2D eigenvalue weighted by Gasteiger charge is 2.28. The lowest BCUT2D eigenvalue weighted by Crippen LogP contribution is -2.19. The van der Waals surface area contributed by atoms with E-state index in [2.05, 4.69) is 38.1 Å². The fourth-order valence-electron chi connectivity index (χ4n) is 3.33. The molecular weight excluding hydrogens is 218 g/mol. The highest BCUT2D eigenvalue weighted by molar-refractivity contribution is 5.26. The zero-order valence-electron chi connectivity index (χ0n) is 11.9. The van der Waals surface area contributed by atoms with E-state index in [1.165, 1.54) is 49.7 Å². The minimum absolute atomic E-state index is 0.248.